The number of para-hydroxylation sites is 1. The number of benzene rings is 8. The normalized spacial score (nSPS) is 13.1. The van der Waals surface area contributed by atoms with Crippen LogP contribution in [0.1, 0.15) is 74.9 Å². The Hall–Kier alpha value is -7.68. The van der Waals surface area contributed by atoms with E-state index in [2.05, 4.69) is 223 Å². The van der Waals surface area contributed by atoms with E-state index in [1.165, 1.54) is 66.8 Å². The van der Waals surface area contributed by atoms with Crippen LogP contribution >= 0.6 is 0 Å². The maximum Gasteiger partial charge on any atom is 0.102 e. The third-order valence-electron chi connectivity index (χ3n) is 17.0. The van der Waals surface area contributed by atoms with Gasteiger partial charge in [0.2, 0.25) is 0 Å². The second-order valence-electron chi connectivity index (χ2n) is 23.8. The predicted molar refractivity (Wildman–Crippen MR) is 344 cm³/mol. The molecule has 3 aliphatic carbocycles. The number of pyridine rings is 1. The van der Waals surface area contributed by atoms with E-state index in [0.717, 1.165) is 62.1 Å². The summed E-state index contributed by atoms with van der Waals surface area (Å²) in [7, 11) is 5.86. The molecule has 8 aromatic carbocycles. The molecule has 16 rings (SSSR count). The van der Waals surface area contributed by atoms with Crippen LogP contribution in [0.3, 0.4) is 0 Å². The fourth-order valence-corrected chi connectivity index (χ4v) is 12.4. The molecule has 13 aromatic rings. The number of rotatable bonds is 6. The molecule has 5 aromatic heterocycles. The van der Waals surface area contributed by atoms with Crippen molar-refractivity contribution in [2.75, 3.05) is 0 Å². The molecule has 0 amide bonds. The molecule has 459 valence electrons. The fraction of sp³-hybridized carbons (Fsp3) is 0.158. The molecular formula is C76H64Ir3N10Pt-4. The van der Waals surface area contributed by atoms with E-state index in [9.17, 15) is 0 Å². The molecule has 10 nitrogen and oxygen atoms in total. The molecule has 3 aliphatic rings. The van der Waals surface area contributed by atoms with Gasteiger partial charge in [0, 0.05) is 131 Å². The van der Waals surface area contributed by atoms with Crippen molar-refractivity contribution >= 4 is 0 Å². The van der Waals surface area contributed by atoms with Crippen molar-refractivity contribution in [2.24, 2.45) is 21.1 Å². The Labute approximate surface area is 582 Å². The average molecular weight is 1890 g/mol. The maximum atomic E-state index is 4.51. The smallest absolute Gasteiger partial charge is 0.102 e. The quantitative estimate of drug-likeness (QED) is 0.154. The first kappa shape index (κ1) is 66.7. The summed E-state index contributed by atoms with van der Waals surface area (Å²) in [6.45, 7) is 13.7. The van der Waals surface area contributed by atoms with E-state index < -0.39 is 0 Å². The summed E-state index contributed by atoms with van der Waals surface area (Å²) >= 11 is 0. The monoisotopic (exact) mass is 1890 g/mol. The number of hydrogen-bond acceptors (Lipinski definition) is 6. The molecule has 5 heterocycles. The number of hydrogen-bond donors (Lipinski definition) is 0. The minimum atomic E-state index is 0. The van der Waals surface area contributed by atoms with E-state index in [4.69, 9.17) is 0 Å². The van der Waals surface area contributed by atoms with Crippen molar-refractivity contribution < 1.29 is 81.4 Å². The molecule has 0 spiro atoms. The van der Waals surface area contributed by atoms with E-state index in [-0.39, 0.29) is 97.6 Å². The summed E-state index contributed by atoms with van der Waals surface area (Å²) in [5.74, 6) is 0.729. The minimum Gasteiger partial charge on any atom is -0.350 e. The van der Waals surface area contributed by atoms with E-state index in [1.807, 2.05) is 121 Å². The summed E-state index contributed by atoms with van der Waals surface area (Å²) in [6.07, 6.45) is 15.1. The zero-order valence-electron chi connectivity index (χ0n) is 51.2. The van der Waals surface area contributed by atoms with Gasteiger partial charge in [0.25, 0.3) is 0 Å². The topological polar surface area (TPSA) is 97.1 Å². The van der Waals surface area contributed by atoms with Gasteiger partial charge in [-0.15, -0.1) is 118 Å². The van der Waals surface area contributed by atoms with Crippen LogP contribution in [0.15, 0.2) is 226 Å². The van der Waals surface area contributed by atoms with E-state index in [1.54, 1.807) is 17.2 Å². The molecule has 0 N–H and O–H groups in total. The van der Waals surface area contributed by atoms with Crippen molar-refractivity contribution in [1.29, 1.82) is 0 Å². The SMILES string of the molecule is Cn1cnc(-c2[c-]cc3c(c2)C(C)(C)c2ccccc2-3)c1.Cn1cnc(-c2[c-]cc3c(c2)C(C)(C)c2ccccc2-3)c1.Cn1cnc(-c2[c-]cc3c(c2)C(C)(C)c2ccccc2-3)n1.[Ir].[Ir].[Ir].[Pt].[c-]1ccc(-c2ccccn2)cc1-c1cn(-c2ccccc2)cn1. The van der Waals surface area contributed by atoms with Gasteiger partial charge >= 0.3 is 0 Å². The third-order valence-corrected chi connectivity index (χ3v) is 17.0. The minimum absolute atomic E-state index is 0. The molecule has 0 saturated carbocycles. The van der Waals surface area contributed by atoms with Gasteiger partial charge in [-0.3, -0.25) is 29.6 Å². The van der Waals surface area contributed by atoms with Crippen molar-refractivity contribution in [3.8, 4) is 95.5 Å². The number of nitrogens with zero attached hydrogens (tertiary/aromatic N) is 10. The third kappa shape index (κ3) is 12.8. The Kier molecular flexibility index (Phi) is 20.3. The summed E-state index contributed by atoms with van der Waals surface area (Å²) < 4.78 is 7.67. The number of aromatic nitrogens is 10. The van der Waals surface area contributed by atoms with Crippen LogP contribution in [0.5, 0.6) is 0 Å². The predicted octanol–water partition coefficient (Wildman–Crippen LogP) is 16.4. The Bertz CT molecular complexity index is 4290. The van der Waals surface area contributed by atoms with E-state index in [0.29, 0.717) is 0 Å². The van der Waals surface area contributed by atoms with Crippen LogP contribution in [-0.4, -0.2) is 48.4 Å². The molecular weight excluding hydrogens is 1820 g/mol. The van der Waals surface area contributed by atoms with Crippen LogP contribution < -0.4 is 0 Å². The summed E-state index contributed by atoms with van der Waals surface area (Å²) in [5, 5.41) is 4.38. The van der Waals surface area contributed by atoms with Gasteiger partial charge in [0.05, 0.1) is 30.5 Å². The number of aryl methyl sites for hydroxylation is 3. The van der Waals surface area contributed by atoms with Crippen LogP contribution in [0.25, 0.3) is 95.5 Å². The molecule has 0 unspecified atom stereocenters. The standard InChI is InChI=1S/C20H14N3.2C19H17N2.C18H16N3.3Ir.Pt/c1-2-9-18(10-3-1)23-14-20(22-15-23)17-8-6-7-16(13-17)19-11-4-5-12-21-19;2*1-19(2)16-7-5-4-6-14(16)15-9-8-13(10-17(15)19)18-11-21(3)12-20-18;1-18(2)15-7-5-4-6-13(15)14-9-8-12(10-16(14)18)17-19-11-21(3)20-17;;;;/h1-7,9-15H;2*4-7,9-12H,1-3H3;4-7,9-11H,1-3H3;;;;/q4*-1;;;;. The van der Waals surface area contributed by atoms with Gasteiger partial charge in [-0.05, 0) is 75.8 Å². The van der Waals surface area contributed by atoms with Crippen LogP contribution in [0.2, 0.25) is 0 Å². The first-order valence-corrected chi connectivity index (χ1v) is 29.0. The van der Waals surface area contributed by atoms with Gasteiger partial charge in [0.15, 0.2) is 0 Å². The first-order chi connectivity index (χ1) is 41.6. The average Bonchev–Trinajstić information content (AvgIpc) is 1.61. The molecule has 0 bridgehead atoms. The second-order valence-corrected chi connectivity index (χ2v) is 23.8. The Morgan fingerprint density at radius 3 is 1.26 bits per heavy atom. The fourth-order valence-electron chi connectivity index (χ4n) is 12.4. The summed E-state index contributed by atoms with van der Waals surface area (Å²) in [6, 6.07) is 74.4. The number of fused-ring (bicyclic) bond motifs is 9. The largest absolute Gasteiger partial charge is 0.350 e. The van der Waals surface area contributed by atoms with Crippen molar-refractivity contribution in [3.63, 3.8) is 0 Å². The molecule has 3 radical (unpaired) electrons. The molecule has 0 fully saturated rings. The molecule has 90 heavy (non-hydrogen) atoms. The maximum absolute atomic E-state index is 4.51. The molecule has 14 heteroatoms. The summed E-state index contributed by atoms with van der Waals surface area (Å²) in [5.41, 5.74) is 26.1. The Morgan fingerprint density at radius 2 is 0.800 bits per heavy atom. The van der Waals surface area contributed by atoms with Gasteiger partial charge in [0.1, 0.15) is 6.33 Å². The van der Waals surface area contributed by atoms with E-state index >= 15 is 0 Å². The van der Waals surface area contributed by atoms with Gasteiger partial charge in [-0.1, -0.05) is 178 Å². The summed E-state index contributed by atoms with van der Waals surface area (Å²) in [4.78, 5) is 22.1. The zero-order valence-corrected chi connectivity index (χ0v) is 60.6. The Morgan fingerprint density at radius 1 is 0.367 bits per heavy atom. The van der Waals surface area contributed by atoms with Gasteiger partial charge in [-0.2, -0.15) is 0 Å². The van der Waals surface area contributed by atoms with Crippen LogP contribution in [0.4, 0.5) is 0 Å². The van der Waals surface area contributed by atoms with Crippen LogP contribution in [0, 0.1) is 24.3 Å². The van der Waals surface area contributed by atoms with Crippen molar-refractivity contribution in [1.82, 2.24) is 48.4 Å². The molecule has 0 saturated heterocycles. The van der Waals surface area contributed by atoms with Crippen LogP contribution in [-0.2, 0) is 119 Å². The van der Waals surface area contributed by atoms with Gasteiger partial charge in [-0.25, -0.2) is 5.10 Å². The zero-order chi connectivity index (χ0) is 59.3. The number of imidazole rings is 3. The first-order valence-electron chi connectivity index (χ1n) is 29.0. The van der Waals surface area contributed by atoms with Crippen molar-refractivity contribution in [2.45, 2.75) is 57.8 Å². The van der Waals surface area contributed by atoms with Crippen molar-refractivity contribution in [3.05, 3.63) is 284 Å². The molecule has 0 atom stereocenters. The Balaban J connectivity index is 0.000000140. The molecule has 0 aliphatic heterocycles. The van der Waals surface area contributed by atoms with Gasteiger partial charge < -0.3 is 13.7 Å². The second kappa shape index (κ2) is 27.4.